The van der Waals surface area contributed by atoms with Crippen LogP contribution in [0.15, 0.2) is 12.1 Å². The topological polar surface area (TPSA) is 63.3 Å². The first kappa shape index (κ1) is 12.9. The number of benzene rings is 1. The summed E-state index contributed by atoms with van der Waals surface area (Å²) in [4.78, 5) is 10.4. The number of carbonyl (C=O) groups is 1. The van der Waals surface area contributed by atoms with Crippen LogP contribution in [0, 0.1) is 12.7 Å². The van der Waals surface area contributed by atoms with E-state index in [-0.39, 0.29) is 23.4 Å². The molecule has 1 rings (SSSR count). The third-order valence-corrected chi connectivity index (χ3v) is 2.54. The molecule has 0 fully saturated rings. The molecule has 0 aliphatic heterocycles. The fourth-order valence-electron chi connectivity index (χ4n) is 1.46. The lowest BCUT2D eigenvalue weighted by Crippen LogP contribution is -2.14. The molecule has 0 amide bonds. The van der Waals surface area contributed by atoms with Gasteiger partial charge in [0, 0.05) is 18.0 Å². The molecule has 3 N–H and O–H groups in total. The second-order valence-corrected chi connectivity index (χ2v) is 4.10. The fraction of sp³-hybridized carbons (Fsp3) is 0.364. The second kappa shape index (κ2) is 5.27. The first-order chi connectivity index (χ1) is 7.41. The minimum absolute atomic E-state index is 0.0146. The van der Waals surface area contributed by atoms with Crippen LogP contribution in [0.4, 0.5) is 4.39 Å². The predicted octanol–water partition coefficient (Wildman–Crippen LogP) is 2.65. The van der Waals surface area contributed by atoms with Crippen LogP contribution in [0.25, 0.3) is 0 Å². The van der Waals surface area contributed by atoms with Gasteiger partial charge in [0.25, 0.3) is 0 Å². The molecule has 1 aromatic rings. The normalized spacial score (nSPS) is 12.5. The number of carboxylic acid groups (broad SMARTS) is 1. The minimum atomic E-state index is -0.949. The number of carboxylic acids is 1. The standard InChI is InChI=1S/C11H13ClFNO2/c1-6-4-7(11(13)8(12)5-6)9(14)2-3-10(15)16/h4-5,9H,2-3,14H2,1H3,(H,15,16). The zero-order valence-corrected chi connectivity index (χ0v) is 9.59. The molecule has 0 heterocycles. The maximum Gasteiger partial charge on any atom is 0.303 e. The van der Waals surface area contributed by atoms with Crippen LogP contribution in [0.3, 0.4) is 0 Å². The van der Waals surface area contributed by atoms with Crippen molar-refractivity contribution < 1.29 is 14.3 Å². The van der Waals surface area contributed by atoms with Crippen molar-refractivity contribution in [2.45, 2.75) is 25.8 Å². The lowest BCUT2D eigenvalue weighted by molar-refractivity contribution is -0.137. The molecule has 5 heteroatoms. The number of aliphatic carboxylic acids is 1. The molecule has 0 bridgehead atoms. The molecule has 0 radical (unpaired) electrons. The van der Waals surface area contributed by atoms with Gasteiger partial charge in [-0.3, -0.25) is 4.79 Å². The SMILES string of the molecule is Cc1cc(Cl)c(F)c(C(N)CCC(=O)O)c1. The molecule has 1 unspecified atom stereocenters. The second-order valence-electron chi connectivity index (χ2n) is 3.69. The molecule has 1 atom stereocenters. The zero-order chi connectivity index (χ0) is 12.3. The molecule has 0 aliphatic rings. The molecule has 88 valence electrons. The Morgan fingerprint density at radius 2 is 2.25 bits per heavy atom. The van der Waals surface area contributed by atoms with E-state index in [9.17, 15) is 9.18 Å². The Kier molecular flexibility index (Phi) is 4.26. The van der Waals surface area contributed by atoms with Gasteiger partial charge in [-0.25, -0.2) is 4.39 Å². The molecule has 0 spiro atoms. The lowest BCUT2D eigenvalue weighted by atomic mass is 10.0. The molecule has 0 saturated heterocycles. The van der Waals surface area contributed by atoms with Gasteiger partial charge in [0.15, 0.2) is 0 Å². The maximum absolute atomic E-state index is 13.6. The Balaban J connectivity index is 2.90. The largest absolute Gasteiger partial charge is 0.481 e. The third-order valence-electron chi connectivity index (χ3n) is 2.27. The van der Waals surface area contributed by atoms with E-state index in [1.54, 1.807) is 13.0 Å². The van der Waals surface area contributed by atoms with E-state index < -0.39 is 17.8 Å². The Bertz CT molecular complexity index is 409. The molecular weight excluding hydrogens is 233 g/mol. The zero-order valence-electron chi connectivity index (χ0n) is 8.84. The quantitative estimate of drug-likeness (QED) is 0.857. The van der Waals surface area contributed by atoms with Crippen LogP contribution < -0.4 is 5.73 Å². The molecular formula is C11H13ClFNO2. The van der Waals surface area contributed by atoms with E-state index in [4.69, 9.17) is 22.4 Å². The van der Waals surface area contributed by atoms with Crippen molar-refractivity contribution in [3.63, 3.8) is 0 Å². The predicted molar refractivity (Wildman–Crippen MR) is 59.9 cm³/mol. The third kappa shape index (κ3) is 3.18. The Morgan fingerprint density at radius 3 is 2.81 bits per heavy atom. The van der Waals surface area contributed by atoms with E-state index in [1.165, 1.54) is 6.07 Å². The number of aryl methyl sites for hydroxylation is 1. The Labute approximate surface area is 98.0 Å². The molecule has 0 saturated carbocycles. The van der Waals surface area contributed by atoms with Crippen LogP contribution in [0.5, 0.6) is 0 Å². The van der Waals surface area contributed by atoms with Gasteiger partial charge in [0.05, 0.1) is 5.02 Å². The molecule has 0 aliphatic carbocycles. The van der Waals surface area contributed by atoms with E-state index in [1.807, 2.05) is 0 Å². The number of halogens is 2. The van der Waals surface area contributed by atoms with Crippen molar-refractivity contribution in [2.75, 3.05) is 0 Å². The average Bonchev–Trinajstić information content (AvgIpc) is 2.19. The van der Waals surface area contributed by atoms with Crippen molar-refractivity contribution in [3.05, 3.63) is 34.1 Å². The van der Waals surface area contributed by atoms with Gasteiger partial charge >= 0.3 is 5.97 Å². The van der Waals surface area contributed by atoms with Crippen LogP contribution in [0.1, 0.15) is 30.0 Å². The summed E-state index contributed by atoms with van der Waals surface area (Å²) in [6, 6.07) is 2.45. The van der Waals surface area contributed by atoms with Crippen LogP contribution in [-0.4, -0.2) is 11.1 Å². The highest BCUT2D eigenvalue weighted by molar-refractivity contribution is 6.30. The van der Waals surface area contributed by atoms with E-state index >= 15 is 0 Å². The minimum Gasteiger partial charge on any atom is -0.481 e. The van der Waals surface area contributed by atoms with Gasteiger partial charge < -0.3 is 10.8 Å². The molecule has 0 aromatic heterocycles. The number of nitrogens with two attached hydrogens (primary N) is 1. The van der Waals surface area contributed by atoms with Crippen LogP contribution in [-0.2, 0) is 4.79 Å². The van der Waals surface area contributed by atoms with Gasteiger partial charge in [0.1, 0.15) is 5.82 Å². The fourth-order valence-corrected chi connectivity index (χ4v) is 1.74. The van der Waals surface area contributed by atoms with Gasteiger partial charge in [0.2, 0.25) is 0 Å². The average molecular weight is 246 g/mol. The van der Waals surface area contributed by atoms with Crippen LogP contribution >= 0.6 is 11.6 Å². The Morgan fingerprint density at radius 1 is 1.62 bits per heavy atom. The Hall–Kier alpha value is -1.13. The number of hydrogen-bond donors (Lipinski definition) is 2. The van der Waals surface area contributed by atoms with Crippen molar-refractivity contribution in [2.24, 2.45) is 5.73 Å². The van der Waals surface area contributed by atoms with Gasteiger partial charge in [-0.2, -0.15) is 0 Å². The smallest absolute Gasteiger partial charge is 0.303 e. The summed E-state index contributed by atoms with van der Waals surface area (Å²) in [7, 11) is 0. The lowest BCUT2D eigenvalue weighted by Gasteiger charge is -2.13. The summed E-state index contributed by atoms with van der Waals surface area (Å²) in [6.07, 6.45) is 0.0954. The maximum atomic E-state index is 13.6. The molecule has 1 aromatic carbocycles. The van der Waals surface area contributed by atoms with Gasteiger partial charge in [-0.15, -0.1) is 0 Å². The molecule has 16 heavy (non-hydrogen) atoms. The highest BCUT2D eigenvalue weighted by Crippen LogP contribution is 2.26. The summed E-state index contributed by atoms with van der Waals surface area (Å²) in [5.74, 6) is -1.51. The highest BCUT2D eigenvalue weighted by atomic mass is 35.5. The van der Waals surface area contributed by atoms with Crippen LogP contribution in [0.2, 0.25) is 5.02 Å². The summed E-state index contributed by atoms with van der Waals surface area (Å²) < 4.78 is 13.6. The van der Waals surface area contributed by atoms with Crippen molar-refractivity contribution in [1.29, 1.82) is 0 Å². The van der Waals surface area contributed by atoms with E-state index in [0.29, 0.717) is 0 Å². The van der Waals surface area contributed by atoms with Gasteiger partial charge in [-0.05, 0) is 25.0 Å². The summed E-state index contributed by atoms with van der Waals surface area (Å²) >= 11 is 5.68. The summed E-state index contributed by atoms with van der Waals surface area (Å²) in [6.45, 7) is 1.78. The van der Waals surface area contributed by atoms with Gasteiger partial charge in [-0.1, -0.05) is 17.7 Å². The summed E-state index contributed by atoms with van der Waals surface area (Å²) in [5.41, 5.74) is 6.79. The van der Waals surface area contributed by atoms with Crippen molar-refractivity contribution in [3.8, 4) is 0 Å². The highest BCUT2D eigenvalue weighted by Gasteiger charge is 2.15. The number of hydrogen-bond acceptors (Lipinski definition) is 2. The first-order valence-corrected chi connectivity index (χ1v) is 5.22. The monoisotopic (exact) mass is 245 g/mol. The first-order valence-electron chi connectivity index (χ1n) is 4.84. The summed E-state index contributed by atoms with van der Waals surface area (Å²) in [5, 5.41) is 8.53. The molecule has 3 nitrogen and oxygen atoms in total. The van der Waals surface area contributed by atoms with E-state index in [0.717, 1.165) is 5.56 Å². The van der Waals surface area contributed by atoms with Crippen molar-refractivity contribution >= 4 is 17.6 Å². The number of rotatable bonds is 4. The van der Waals surface area contributed by atoms with Crippen molar-refractivity contribution in [1.82, 2.24) is 0 Å². The van der Waals surface area contributed by atoms with E-state index in [2.05, 4.69) is 0 Å².